The molecule has 0 bridgehead atoms. The van der Waals surface area contributed by atoms with Gasteiger partial charge in [0.25, 0.3) is 0 Å². The molecule has 2 aromatic rings. The number of esters is 1. The number of hydrogen-bond donors (Lipinski definition) is 1. The molecule has 0 heterocycles. The Morgan fingerprint density at radius 3 is 2.28 bits per heavy atom. The highest BCUT2D eigenvalue weighted by Crippen LogP contribution is 2.25. The van der Waals surface area contributed by atoms with Crippen LogP contribution in [-0.2, 0) is 9.53 Å². The van der Waals surface area contributed by atoms with E-state index in [0.29, 0.717) is 42.2 Å². The van der Waals surface area contributed by atoms with Gasteiger partial charge in [0.2, 0.25) is 5.91 Å². The van der Waals surface area contributed by atoms with E-state index in [1.807, 2.05) is 24.3 Å². The fraction of sp³-hybridized carbons (Fsp3) is 0.263. The van der Waals surface area contributed by atoms with E-state index < -0.39 is 5.97 Å². The van der Waals surface area contributed by atoms with Crippen molar-refractivity contribution in [3.63, 3.8) is 0 Å². The molecule has 2 rings (SSSR count). The summed E-state index contributed by atoms with van der Waals surface area (Å²) < 4.78 is 15.5. The van der Waals surface area contributed by atoms with Crippen molar-refractivity contribution in [3.8, 4) is 11.5 Å². The number of anilines is 1. The molecule has 0 saturated carbocycles. The average molecular weight is 343 g/mol. The van der Waals surface area contributed by atoms with Gasteiger partial charge in [0.05, 0.1) is 26.4 Å². The summed E-state index contributed by atoms with van der Waals surface area (Å²) in [5.41, 5.74) is 1.06. The molecule has 0 aliphatic heterocycles. The van der Waals surface area contributed by atoms with Crippen LogP contribution in [0.4, 0.5) is 5.69 Å². The Morgan fingerprint density at radius 2 is 1.64 bits per heavy atom. The summed E-state index contributed by atoms with van der Waals surface area (Å²) in [6.45, 7) is 0.412. The van der Waals surface area contributed by atoms with Crippen LogP contribution in [-0.4, -0.2) is 32.7 Å². The third kappa shape index (κ3) is 5.53. The second-order valence-corrected chi connectivity index (χ2v) is 5.22. The van der Waals surface area contributed by atoms with Crippen LogP contribution in [0.1, 0.15) is 23.2 Å². The first-order valence-corrected chi connectivity index (χ1v) is 7.88. The van der Waals surface area contributed by atoms with Gasteiger partial charge >= 0.3 is 5.97 Å². The molecule has 0 saturated heterocycles. The molecule has 0 fully saturated rings. The Labute approximate surface area is 146 Å². The number of amides is 1. The van der Waals surface area contributed by atoms with Crippen LogP contribution in [0.5, 0.6) is 11.5 Å². The van der Waals surface area contributed by atoms with Crippen molar-refractivity contribution < 1.29 is 23.8 Å². The molecular weight excluding hydrogens is 322 g/mol. The Kier molecular flexibility index (Phi) is 6.83. The number of carbonyl (C=O) groups excluding carboxylic acids is 2. The number of rotatable bonds is 8. The molecular formula is C19H21NO5. The number of ether oxygens (including phenoxy) is 3. The minimum absolute atomic E-state index is 0.116. The largest absolute Gasteiger partial charge is 0.493 e. The molecule has 6 heteroatoms. The molecule has 1 N–H and O–H groups in total. The summed E-state index contributed by atoms with van der Waals surface area (Å²) in [5.74, 6) is 0.794. The van der Waals surface area contributed by atoms with Crippen LogP contribution in [0.2, 0.25) is 0 Å². The molecule has 2 aromatic carbocycles. The van der Waals surface area contributed by atoms with Crippen LogP contribution in [0.15, 0.2) is 48.5 Å². The van der Waals surface area contributed by atoms with Crippen LogP contribution >= 0.6 is 0 Å². The van der Waals surface area contributed by atoms with E-state index in [-0.39, 0.29) is 5.91 Å². The average Bonchev–Trinajstić information content (AvgIpc) is 2.65. The highest BCUT2D eigenvalue weighted by Gasteiger charge is 2.07. The van der Waals surface area contributed by atoms with Crippen molar-refractivity contribution in [1.29, 1.82) is 0 Å². The van der Waals surface area contributed by atoms with E-state index in [9.17, 15) is 9.59 Å². The van der Waals surface area contributed by atoms with E-state index in [0.717, 1.165) is 0 Å². The minimum atomic E-state index is -0.411. The smallest absolute Gasteiger partial charge is 0.337 e. The lowest BCUT2D eigenvalue weighted by molar-refractivity contribution is -0.116. The molecule has 0 aliphatic rings. The molecule has 132 valence electrons. The number of methoxy groups -OCH3 is 2. The number of carbonyl (C=O) groups is 2. The normalized spacial score (nSPS) is 10.0. The van der Waals surface area contributed by atoms with Gasteiger partial charge in [-0.3, -0.25) is 4.79 Å². The van der Waals surface area contributed by atoms with Crippen LogP contribution < -0.4 is 14.8 Å². The van der Waals surface area contributed by atoms with Crippen LogP contribution in [0.25, 0.3) is 0 Å². The molecule has 6 nitrogen and oxygen atoms in total. The Bertz CT molecular complexity index is 712. The Hall–Kier alpha value is -3.02. The maximum absolute atomic E-state index is 11.9. The third-order valence-corrected chi connectivity index (χ3v) is 3.46. The molecule has 0 radical (unpaired) electrons. The van der Waals surface area contributed by atoms with Gasteiger partial charge in [-0.05, 0) is 42.8 Å². The lowest BCUT2D eigenvalue weighted by Crippen LogP contribution is -2.13. The number of nitrogens with one attached hydrogen (secondary N) is 1. The zero-order valence-corrected chi connectivity index (χ0v) is 14.3. The lowest BCUT2D eigenvalue weighted by atomic mass is 10.2. The van der Waals surface area contributed by atoms with E-state index in [1.54, 1.807) is 31.4 Å². The fourth-order valence-corrected chi connectivity index (χ4v) is 2.18. The van der Waals surface area contributed by atoms with Crippen molar-refractivity contribution in [2.75, 3.05) is 26.1 Å². The summed E-state index contributed by atoms with van der Waals surface area (Å²) in [4.78, 5) is 23.3. The monoisotopic (exact) mass is 343 g/mol. The van der Waals surface area contributed by atoms with Crippen LogP contribution in [0.3, 0.4) is 0 Å². The minimum Gasteiger partial charge on any atom is -0.493 e. The highest BCUT2D eigenvalue weighted by atomic mass is 16.5. The second-order valence-electron chi connectivity index (χ2n) is 5.22. The zero-order chi connectivity index (χ0) is 18.1. The molecule has 1 amide bonds. The maximum Gasteiger partial charge on any atom is 0.337 e. The second kappa shape index (κ2) is 9.32. The number of para-hydroxylation sites is 2. The molecule has 0 aromatic heterocycles. The fourth-order valence-electron chi connectivity index (χ4n) is 2.18. The SMILES string of the molecule is COC(=O)c1ccc(NC(=O)CCCOc2ccccc2OC)cc1. The van der Waals surface area contributed by atoms with Gasteiger partial charge in [-0.2, -0.15) is 0 Å². The van der Waals surface area contributed by atoms with Gasteiger partial charge in [-0.1, -0.05) is 12.1 Å². The zero-order valence-electron chi connectivity index (χ0n) is 14.3. The van der Waals surface area contributed by atoms with E-state index in [1.165, 1.54) is 7.11 Å². The van der Waals surface area contributed by atoms with Gasteiger partial charge in [0.1, 0.15) is 0 Å². The van der Waals surface area contributed by atoms with Crippen molar-refractivity contribution in [3.05, 3.63) is 54.1 Å². The van der Waals surface area contributed by atoms with Crippen molar-refractivity contribution in [1.82, 2.24) is 0 Å². The molecule has 0 atom stereocenters. The molecule has 0 aliphatic carbocycles. The van der Waals surface area contributed by atoms with Gasteiger partial charge in [-0.25, -0.2) is 4.79 Å². The molecule has 25 heavy (non-hydrogen) atoms. The first-order valence-electron chi connectivity index (χ1n) is 7.88. The molecule has 0 spiro atoms. The maximum atomic E-state index is 11.9. The Morgan fingerprint density at radius 1 is 0.960 bits per heavy atom. The predicted molar refractivity (Wildman–Crippen MR) is 94.1 cm³/mol. The van der Waals surface area contributed by atoms with Crippen molar-refractivity contribution in [2.45, 2.75) is 12.8 Å². The summed E-state index contributed by atoms with van der Waals surface area (Å²) in [6.07, 6.45) is 0.901. The van der Waals surface area contributed by atoms with Crippen LogP contribution in [0, 0.1) is 0 Å². The third-order valence-electron chi connectivity index (χ3n) is 3.46. The topological polar surface area (TPSA) is 73.9 Å². The predicted octanol–water partition coefficient (Wildman–Crippen LogP) is 3.28. The summed E-state index contributed by atoms with van der Waals surface area (Å²) >= 11 is 0. The number of benzene rings is 2. The number of hydrogen-bond acceptors (Lipinski definition) is 5. The van der Waals surface area contributed by atoms with Gasteiger partial charge in [0, 0.05) is 12.1 Å². The van der Waals surface area contributed by atoms with Crippen molar-refractivity contribution in [2.24, 2.45) is 0 Å². The first-order chi connectivity index (χ1) is 12.1. The Balaban J connectivity index is 1.74. The highest BCUT2D eigenvalue weighted by molar-refractivity contribution is 5.93. The molecule has 0 unspecified atom stereocenters. The summed E-state index contributed by atoms with van der Waals surface area (Å²) in [5, 5.41) is 2.78. The summed E-state index contributed by atoms with van der Waals surface area (Å²) in [6, 6.07) is 13.9. The quantitative estimate of drug-likeness (QED) is 0.588. The van der Waals surface area contributed by atoms with E-state index in [4.69, 9.17) is 9.47 Å². The van der Waals surface area contributed by atoms with Gasteiger partial charge in [-0.15, -0.1) is 0 Å². The van der Waals surface area contributed by atoms with E-state index >= 15 is 0 Å². The first kappa shape index (κ1) is 18.3. The van der Waals surface area contributed by atoms with E-state index in [2.05, 4.69) is 10.1 Å². The van der Waals surface area contributed by atoms with Gasteiger partial charge in [0.15, 0.2) is 11.5 Å². The lowest BCUT2D eigenvalue weighted by Gasteiger charge is -2.10. The summed E-state index contributed by atoms with van der Waals surface area (Å²) in [7, 11) is 2.91. The van der Waals surface area contributed by atoms with Gasteiger partial charge < -0.3 is 19.5 Å². The standard InChI is InChI=1S/C19H21NO5/c1-23-16-6-3-4-7-17(16)25-13-5-8-18(21)20-15-11-9-14(10-12-15)19(22)24-2/h3-4,6-7,9-12H,5,8,13H2,1-2H3,(H,20,21). The van der Waals surface area contributed by atoms with Crippen molar-refractivity contribution >= 4 is 17.6 Å².